The van der Waals surface area contributed by atoms with Gasteiger partial charge < -0.3 is 9.47 Å². The quantitative estimate of drug-likeness (QED) is 0.310. The summed E-state index contributed by atoms with van der Waals surface area (Å²) in [5.41, 5.74) is 3.94. The Morgan fingerprint density at radius 2 is 1.90 bits per heavy atom. The summed E-state index contributed by atoms with van der Waals surface area (Å²) in [5.74, 6) is 1.21. The van der Waals surface area contributed by atoms with Crippen LogP contribution in [0.25, 0.3) is 6.08 Å². The second-order valence-corrected chi connectivity index (χ2v) is 9.43. The van der Waals surface area contributed by atoms with E-state index in [9.17, 15) is 4.79 Å². The highest BCUT2D eigenvalue weighted by Gasteiger charge is 2.33. The van der Waals surface area contributed by atoms with Crippen molar-refractivity contribution in [1.29, 1.82) is 0 Å². The third-order valence-electron chi connectivity index (χ3n) is 4.62. The molecule has 0 unspecified atom stereocenters. The van der Waals surface area contributed by atoms with Gasteiger partial charge >= 0.3 is 0 Å². The van der Waals surface area contributed by atoms with Crippen molar-refractivity contribution in [3.05, 3.63) is 56.4 Å². The number of halogens is 1. The van der Waals surface area contributed by atoms with Crippen LogP contribution in [0.4, 0.5) is 5.69 Å². The lowest BCUT2D eigenvalue weighted by molar-refractivity contribution is -0.113. The number of aryl methyl sites for hydroxylation is 2. The Bertz CT molecular complexity index is 1020. The van der Waals surface area contributed by atoms with Crippen molar-refractivity contribution in [2.75, 3.05) is 18.1 Å². The minimum Gasteiger partial charge on any atom is -0.490 e. The van der Waals surface area contributed by atoms with E-state index in [-0.39, 0.29) is 5.91 Å². The molecule has 1 amide bonds. The van der Waals surface area contributed by atoms with Gasteiger partial charge in [-0.2, -0.15) is 0 Å². The first kappa shape index (κ1) is 22.8. The number of carbonyl (C=O) groups is 1. The Balaban J connectivity index is 1.94. The van der Waals surface area contributed by atoms with Gasteiger partial charge in [0.15, 0.2) is 15.8 Å². The first-order chi connectivity index (χ1) is 14.3. The maximum atomic E-state index is 13.1. The highest BCUT2D eigenvalue weighted by atomic mass is 79.9. The van der Waals surface area contributed by atoms with E-state index in [1.807, 2.05) is 57.2 Å². The largest absolute Gasteiger partial charge is 0.490 e. The van der Waals surface area contributed by atoms with Crippen molar-refractivity contribution in [3.63, 3.8) is 0 Å². The monoisotopic (exact) mass is 505 g/mol. The van der Waals surface area contributed by atoms with Crippen molar-refractivity contribution in [3.8, 4) is 11.5 Å². The van der Waals surface area contributed by atoms with Gasteiger partial charge in [0.05, 0.1) is 28.3 Å². The average Bonchev–Trinajstić information content (AvgIpc) is 2.97. The number of ether oxygens (including phenoxy) is 2. The molecule has 0 N–H and O–H groups in total. The molecule has 0 saturated carbocycles. The first-order valence-corrected chi connectivity index (χ1v) is 11.8. The highest BCUT2D eigenvalue weighted by Crippen LogP contribution is 2.40. The molecule has 1 fully saturated rings. The summed E-state index contributed by atoms with van der Waals surface area (Å²) in [6, 6.07) is 9.75. The second kappa shape index (κ2) is 9.98. The lowest BCUT2D eigenvalue weighted by Crippen LogP contribution is -2.27. The van der Waals surface area contributed by atoms with Crippen molar-refractivity contribution in [2.24, 2.45) is 0 Å². The zero-order valence-corrected chi connectivity index (χ0v) is 20.7. The topological polar surface area (TPSA) is 38.8 Å². The van der Waals surface area contributed by atoms with E-state index in [0.717, 1.165) is 27.7 Å². The van der Waals surface area contributed by atoms with Crippen molar-refractivity contribution < 1.29 is 14.3 Å². The minimum absolute atomic E-state index is 0.117. The van der Waals surface area contributed by atoms with Crippen molar-refractivity contribution in [1.82, 2.24) is 0 Å². The van der Waals surface area contributed by atoms with Crippen LogP contribution in [0, 0.1) is 13.8 Å². The molecule has 2 aromatic carbocycles. The van der Waals surface area contributed by atoms with Crippen LogP contribution < -0.4 is 14.4 Å². The predicted molar refractivity (Wildman–Crippen MR) is 133 cm³/mol. The number of thiocarbonyl (C=S) groups is 1. The molecule has 1 aliphatic heterocycles. The lowest BCUT2D eigenvalue weighted by atomic mass is 10.1. The van der Waals surface area contributed by atoms with Crippen LogP contribution in [0.3, 0.4) is 0 Å². The Morgan fingerprint density at radius 3 is 2.57 bits per heavy atom. The number of amides is 1. The number of rotatable bonds is 7. The Hall–Kier alpha value is -1.83. The molecule has 0 spiro atoms. The number of hydrogen-bond acceptors (Lipinski definition) is 5. The van der Waals surface area contributed by atoms with Crippen LogP contribution in [0.2, 0.25) is 0 Å². The van der Waals surface area contributed by atoms with Crippen LogP contribution in [0.1, 0.15) is 37.0 Å². The van der Waals surface area contributed by atoms with Crippen LogP contribution in [-0.2, 0) is 4.79 Å². The van der Waals surface area contributed by atoms with E-state index in [0.29, 0.717) is 33.9 Å². The maximum absolute atomic E-state index is 13.1. The molecule has 0 radical (unpaired) electrons. The van der Waals surface area contributed by atoms with E-state index < -0.39 is 0 Å². The van der Waals surface area contributed by atoms with Gasteiger partial charge in [0.25, 0.3) is 5.91 Å². The SMILES string of the molecule is CCCOc1c(Br)cc(C=C2SC(=S)N(c3ccc(C)c(C)c3)C2=O)cc1OCC. The third kappa shape index (κ3) is 4.90. The molecule has 0 aromatic heterocycles. The summed E-state index contributed by atoms with van der Waals surface area (Å²) in [7, 11) is 0. The fourth-order valence-electron chi connectivity index (χ4n) is 2.98. The van der Waals surface area contributed by atoms with Crippen LogP contribution >= 0.6 is 39.9 Å². The van der Waals surface area contributed by atoms with Crippen LogP contribution in [0.15, 0.2) is 39.7 Å². The number of thioether (sulfide) groups is 1. The molecule has 30 heavy (non-hydrogen) atoms. The van der Waals surface area contributed by atoms with Gasteiger partial charge in [0.1, 0.15) is 0 Å². The zero-order valence-electron chi connectivity index (χ0n) is 17.5. The second-order valence-electron chi connectivity index (χ2n) is 6.90. The van der Waals surface area contributed by atoms with Gasteiger partial charge in [-0.15, -0.1) is 0 Å². The van der Waals surface area contributed by atoms with E-state index in [1.165, 1.54) is 17.3 Å². The lowest BCUT2D eigenvalue weighted by Gasteiger charge is -2.16. The fourth-order valence-corrected chi connectivity index (χ4v) is 4.86. The molecule has 1 aliphatic rings. The normalized spacial score (nSPS) is 15.2. The first-order valence-electron chi connectivity index (χ1n) is 9.80. The predicted octanol–water partition coefficient (Wildman–Crippen LogP) is 6.66. The Morgan fingerprint density at radius 1 is 1.13 bits per heavy atom. The van der Waals surface area contributed by atoms with Crippen molar-refractivity contribution >= 4 is 61.9 Å². The molecular formula is C23H24BrNO3S2. The van der Waals surface area contributed by atoms with Crippen molar-refractivity contribution in [2.45, 2.75) is 34.1 Å². The fraction of sp³-hybridized carbons (Fsp3) is 0.304. The number of carbonyl (C=O) groups excluding carboxylic acids is 1. The molecular weight excluding hydrogens is 482 g/mol. The molecule has 158 valence electrons. The van der Waals surface area contributed by atoms with Crippen LogP contribution in [-0.4, -0.2) is 23.4 Å². The number of anilines is 1. The zero-order chi connectivity index (χ0) is 21.8. The van der Waals surface area contributed by atoms with Gasteiger partial charge in [0, 0.05) is 0 Å². The summed E-state index contributed by atoms with van der Waals surface area (Å²) in [6.07, 6.45) is 2.75. The minimum atomic E-state index is -0.117. The van der Waals surface area contributed by atoms with Gasteiger partial charge in [0.2, 0.25) is 0 Å². The van der Waals surface area contributed by atoms with Crippen LogP contribution in [0.5, 0.6) is 11.5 Å². The highest BCUT2D eigenvalue weighted by molar-refractivity contribution is 9.10. The van der Waals surface area contributed by atoms with Gasteiger partial charge in [-0.05, 0) is 90.2 Å². The number of benzene rings is 2. The Kier molecular flexibility index (Phi) is 7.60. The Labute approximate surface area is 195 Å². The number of hydrogen-bond donors (Lipinski definition) is 0. The molecule has 0 bridgehead atoms. The van der Waals surface area contributed by atoms with Gasteiger partial charge in [-0.1, -0.05) is 37.0 Å². The summed E-state index contributed by atoms with van der Waals surface area (Å²) in [6.45, 7) is 9.19. The molecule has 3 rings (SSSR count). The number of nitrogens with zero attached hydrogens (tertiary/aromatic N) is 1. The molecule has 0 aliphatic carbocycles. The molecule has 4 nitrogen and oxygen atoms in total. The van der Waals surface area contributed by atoms with E-state index in [1.54, 1.807) is 4.90 Å². The molecule has 1 saturated heterocycles. The maximum Gasteiger partial charge on any atom is 0.270 e. The van der Waals surface area contributed by atoms with Gasteiger partial charge in [-0.25, -0.2) is 0 Å². The molecule has 2 aromatic rings. The smallest absolute Gasteiger partial charge is 0.270 e. The standard InChI is InChI=1S/C23H24BrNO3S2/c1-5-9-28-21-18(24)11-16(12-19(21)27-6-2)13-20-22(26)25(23(29)30-20)17-8-7-14(3)15(4)10-17/h7-8,10-13H,5-6,9H2,1-4H3. The molecule has 0 atom stereocenters. The molecule has 7 heteroatoms. The van der Waals surface area contributed by atoms with E-state index in [4.69, 9.17) is 21.7 Å². The summed E-state index contributed by atoms with van der Waals surface area (Å²) in [5, 5.41) is 0. The van der Waals surface area contributed by atoms with E-state index >= 15 is 0 Å². The average molecular weight is 506 g/mol. The summed E-state index contributed by atoms with van der Waals surface area (Å²) >= 11 is 10.4. The van der Waals surface area contributed by atoms with Gasteiger partial charge in [-0.3, -0.25) is 9.69 Å². The summed E-state index contributed by atoms with van der Waals surface area (Å²) < 4.78 is 12.9. The van der Waals surface area contributed by atoms with E-state index in [2.05, 4.69) is 22.9 Å². The molecule has 1 heterocycles. The third-order valence-corrected chi connectivity index (χ3v) is 6.51. The summed E-state index contributed by atoms with van der Waals surface area (Å²) in [4.78, 5) is 15.3.